The third kappa shape index (κ3) is 3.35. The summed E-state index contributed by atoms with van der Waals surface area (Å²) in [5.74, 6) is 6.09. The molecule has 0 atom stereocenters. The van der Waals surface area contributed by atoms with Gasteiger partial charge in [-0.15, -0.1) is 0 Å². The molecule has 0 saturated carbocycles. The van der Waals surface area contributed by atoms with Crippen molar-refractivity contribution in [3.8, 4) is 11.8 Å². The standard InChI is InChI=1S/C15H18N2O/c16-10-3-4-13-6-8-14(9-7-13)12-17-11-2-1-5-15(17)18/h6-9H,1-2,5,10-12,16H2. The van der Waals surface area contributed by atoms with Gasteiger partial charge in [-0.25, -0.2) is 0 Å². The monoisotopic (exact) mass is 242 g/mol. The van der Waals surface area contributed by atoms with Crippen LogP contribution in [0.2, 0.25) is 0 Å². The zero-order chi connectivity index (χ0) is 12.8. The summed E-state index contributed by atoms with van der Waals surface area (Å²) < 4.78 is 0. The molecule has 2 N–H and O–H groups in total. The topological polar surface area (TPSA) is 46.3 Å². The summed E-state index contributed by atoms with van der Waals surface area (Å²) in [5.41, 5.74) is 7.45. The molecule has 0 bridgehead atoms. The second-order valence-corrected chi connectivity index (χ2v) is 4.48. The molecular formula is C15H18N2O. The van der Waals surface area contributed by atoms with Gasteiger partial charge in [0.2, 0.25) is 5.91 Å². The first-order valence-electron chi connectivity index (χ1n) is 6.35. The SMILES string of the molecule is NCC#Cc1ccc(CN2CCCCC2=O)cc1. The summed E-state index contributed by atoms with van der Waals surface area (Å²) in [6.45, 7) is 1.97. The second kappa shape index (κ2) is 6.23. The summed E-state index contributed by atoms with van der Waals surface area (Å²) in [4.78, 5) is 13.6. The van der Waals surface area contributed by atoms with Gasteiger partial charge < -0.3 is 10.6 Å². The molecule has 1 aliphatic heterocycles. The van der Waals surface area contributed by atoms with E-state index < -0.39 is 0 Å². The van der Waals surface area contributed by atoms with Crippen LogP contribution in [0.15, 0.2) is 24.3 Å². The zero-order valence-electron chi connectivity index (χ0n) is 10.5. The average Bonchev–Trinajstić information content (AvgIpc) is 2.41. The Bertz CT molecular complexity index is 468. The van der Waals surface area contributed by atoms with Crippen LogP contribution >= 0.6 is 0 Å². The van der Waals surface area contributed by atoms with Crippen molar-refractivity contribution < 1.29 is 4.79 Å². The van der Waals surface area contributed by atoms with Crippen LogP contribution in [0.1, 0.15) is 30.4 Å². The third-order valence-electron chi connectivity index (χ3n) is 3.08. The average molecular weight is 242 g/mol. The van der Waals surface area contributed by atoms with Crippen LogP contribution in [-0.2, 0) is 11.3 Å². The molecule has 1 aromatic rings. The molecule has 1 aromatic carbocycles. The van der Waals surface area contributed by atoms with E-state index in [0.29, 0.717) is 19.5 Å². The van der Waals surface area contributed by atoms with Crippen molar-refractivity contribution in [3.05, 3.63) is 35.4 Å². The van der Waals surface area contributed by atoms with Crippen molar-refractivity contribution in [2.75, 3.05) is 13.1 Å². The Balaban J connectivity index is 1.99. The Kier molecular flexibility index (Phi) is 4.38. The van der Waals surface area contributed by atoms with Crippen molar-refractivity contribution in [1.29, 1.82) is 0 Å². The van der Waals surface area contributed by atoms with Crippen molar-refractivity contribution in [3.63, 3.8) is 0 Å². The Hall–Kier alpha value is -1.79. The predicted molar refractivity (Wildman–Crippen MR) is 71.6 cm³/mol. The Labute approximate surface area is 108 Å². The van der Waals surface area contributed by atoms with Gasteiger partial charge in [0.05, 0.1) is 6.54 Å². The fourth-order valence-corrected chi connectivity index (χ4v) is 2.10. The number of carbonyl (C=O) groups is 1. The number of hydrogen-bond acceptors (Lipinski definition) is 2. The normalized spacial score (nSPS) is 15.2. The maximum absolute atomic E-state index is 11.7. The number of likely N-dealkylation sites (tertiary alicyclic amines) is 1. The first-order valence-corrected chi connectivity index (χ1v) is 6.35. The van der Waals surface area contributed by atoms with E-state index >= 15 is 0 Å². The van der Waals surface area contributed by atoms with E-state index in [1.807, 2.05) is 29.2 Å². The maximum atomic E-state index is 11.7. The molecule has 1 amide bonds. The molecule has 0 unspecified atom stereocenters. The van der Waals surface area contributed by atoms with E-state index in [1.54, 1.807) is 0 Å². The molecule has 94 valence electrons. The number of piperidine rings is 1. The number of carbonyl (C=O) groups excluding carboxylic acids is 1. The fraction of sp³-hybridized carbons (Fsp3) is 0.400. The van der Waals surface area contributed by atoms with Crippen LogP contribution in [0.25, 0.3) is 0 Å². The number of nitrogens with zero attached hydrogens (tertiary/aromatic N) is 1. The van der Waals surface area contributed by atoms with Gasteiger partial charge in [0, 0.05) is 25.1 Å². The van der Waals surface area contributed by atoms with Crippen molar-refractivity contribution in [2.24, 2.45) is 5.73 Å². The van der Waals surface area contributed by atoms with Gasteiger partial charge in [-0.1, -0.05) is 24.0 Å². The molecule has 3 heteroatoms. The van der Waals surface area contributed by atoms with Gasteiger partial charge in [0.25, 0.3) is 0 Å². The first-order chi connectivity index (χ1) is 8.79. The number of rotatable bonds is 2. The van der Waals surface area contributed by atoms with Crippen molar-refractivity contribution >= 4 is 5.91 Å². The minimum Gasteiger partial charge on any atom is -0.338 e. The highest BCUT2D eigenvalue weighted by Gasteiger charge is 2.17. The van der Waals surface area contributed by atoms with Crippen LogP contribution in [0.4, 0.5) is 0 Å². The summed E-state index contributed by atoms with van der Waals surface area (Å²) >= 11 is 0. The van der Waals surface area contributed by atoms with Gasteiger partial charge in [-0.3, -0.25) is 4.79 Å². The second-order valence-electron chi connectivity index (χ2n) is 4.48. The lowest BCUT2D eigenvalue weighted by Crippen LogP contribution is -2.34. The van der Waals surface area contributed by atoms with Crippen LogP contribution in [-0.4, -0.2) is 23.9 Å². The molecule has 1 saturated heterocycles. The van der Waals surface area contributed by atoms with Gasteiger partial charge >= 0.3 is 0 Å². The number of amides is 1. The molecular weight excluding hydrogens is 224 g/mol. The Morgan fingerprint density at radius 3 is 2.67 bits per heavy atom. The van der Waals surface area contributed by atoms with Gasteiger partial charge in [0.15, 0.2) is 0 Å². The molecule has 1 fully saturated rings. The smallest absolute Gasteiger partial charge is 0.222 e. The first kappa shape index (κ1) is 12.7. The molecule has 2 rings (SSSR count). The molecule has 0 spiro atoms. The summed E-state index contributed by atoms with van der Waals surface area (Å²) in [7, 11) is 0. The van der Waals surface area contributed by atoms with E-state index in [2.05, 4.69) is 11.8 Å². The van der Waals surface area contributed by atoms with E-state index in [-0.39, 0.29) is 5.91 Å². The lowest BCUT2D eigenvalue weighted by Gasteiger charge is -2.26. The molecule has 0 aliphatic carbocycles. The molecule has 0 radical (unpaired) electrons. The number of benzene rings is 1. The van der Waals surface area contributed by atoms with Crippen molar-refractivity contribution in [2.45, 2.75) is 25.8 Å². The third-order valence-corrected chi connectivity index (χ3v) is 3.08. The zero-order valence-corrected chi connectivity index (χ0v) is 10.5. The van der Waals surface area contributed by atoms with Crippen LogP contribution < -0.4 is 5.73 Å². The van der Waals surface area contributed by atoms with Crippen molar-refractivity contribution in [1.82, 2.24) is 4.90 Å². The molecule has 18 heavy (non-hydrogen) atoms. The van der Waals surface area contributed by atoms with Gasteiger partial charge in [0.1, 0.15) is 0 Å². The van der Waals surface area contributed by atoms with Crippen LogP contribution in [0.3, 0.4) is 0 Å². The number of hydrogen-bond donors (Lipinski definition) is 1. The summed E-state index contributed by atoms with van der Waals surface area (Å²) in [6, 6.07) is 8.02. The van der Waals surface area contributed by atoms with E-state index in [4.69, 9.17) is 5.73 Å². The molecule has 1 aliphatic rings. The maximum Gasteiger partial charge on any atom is 0.222 e. The van der Waals surface area contributed by atoms with E-state index in [9.17, 15) is 4.79 Å². The Morgan fingerprint density at radius 1 is 1.22 bits per heavy atom. The lowest BCUT2D eigenvalue weighted by molar-refractivity contribution is -0.133. The predicted octanol–water partition coefficient (Wildman–Crippen LogP) is 1.51. The molecule has 0 aromatic heterocycles. The minimum absolute atomic E-state index is 0.272. The summed E-state index contributed by atoms with van der Waals surface area (Å²) in [5, 5.41) is 0. The quantitative estimate of drug-likeness (QED) is 0.799. The fourth-order valence-electron chi connectivity index (χ4n) is 2.10. The van der Waals surface area contributed by atoms with E-state index in [1.165, 1.54) is 0 Å². The van der Waals surface area contributed by atoms with E-state index in [0.717, 1.165) is 30.5 Å². The lowest BCUT2D eigenvalue weighted by atomic mass is 10.1. The molecule has 3 nitrogen and oxygen atoms in total. The summed E-state index contributed by atoms with van der Waals surface area (Å²) in [6.07, 6.45) is 2.84. The molecule has 1 heterocycles. The van der Waals surface area contributed by atoms with Crippen LogP contribution in [0.5, 0.6) is 0 Å². The highest BCUT2D eigenvalue weighted by atomic mass is 16.2. The van der Waals surface area contributed by atoms with Crippen LogP contribution in [0, 0.1) is 11.8 Å². The largest absolute Gasteiger partial charge is 0.338 e. The highest BCUT2D eigenvalue weighted by Crippen LogP contribution is 2.14. The number of nitrogens with two attached hydrogens (primary N) is 1. The Morgan fingerprint density at radius 2 is 2.00 bits per heavy atom. The van der Waals surface area contributed by atoms with Gasteiger partial charge in [-0.05, 0) is 30.5 Å². The highest BCUT2D eigenvalue weighted by molar-refractivity contribution is 5.76. The minimum atomic E-state index is 0.272. The van der Waals surface area contributed by atoms with Gasteiger partial charge in [-0.2, -0.15) is 0 Å².